The van der Waals surface area contributed by atoms with E-state index in [9.17, 15) is 17.6 Å². The lowest BCUT2D eigenvalue weighted by molar-refractivity contribution is -0.136. The van der Waals surface area contributed by atoms with Crippen molar-refractivity contribution < 1.29 is 17.6 Å². The van der Waals surface area contributed by atoms with Crippen molar-refractivity contribution in [2.45, 2.75) is 12.7 Å². The van der Waals surface area contributed by atoms with E-state index in [1.807, 2.05) is 0 Å². The van der Waals surface area contributed by atoms with Crippen molar-refractivity contribution >= 4 is 11.4 Å². The number of aromatic nitrogens is 1. The molecule has 0 aliphatic rings. The minimum Gasteiger partial charge on any atom is -0.354 e. The molecule has 0 unspecified atom stereocenters. The molecule has 2 aromatic rings. The number of hydrogen-bond donors (Lipinski definition) is 2. The third kappa shape index (κ3) is 3.05. The number of halogens is 4. The van der Waals surface area contributed by atoms with Gasteiger partial charge in [0.05, 0.1) is 28.8 Å². The first-order chi connectivity index (χ1) is 9.41. The van der Waals surface area contributed by atoms with Crippen LogP contribution in [0.15, 0.2) is 36.5 Å². The first kappa shape index (κ1) is 14.3. The molecule has 3 nitrogen and oxygen atoms in total. The fourth-order valence-corrected chi connectivity index (χ4v) is 1.68. The average molecular weight is 285 g/mol. The van der Waals surface area contributed by atoms with Crippen LogP contribution in [0.2, 0.25) is 0 Å². The SMILES string of the molecule is NCc1ncc(Nc2ccccc2C(F)(F)F)cc1F. The summed E-state index contributed by atoms with van der Waals surface area (Å²) in [4.78, 5) is 3.74. The molecule has 0 aliphatic heterocycles. The normalized spacial score (nSPS) is 11.4. The Morgan fingerprint density at radius 1 is 1.20 bits per heavy atom. The molecule has 1 heterocycles. The molecule has 20 heavy (non-hydrogen) atoms. The molecular formula is C13H11F4N3. The Balaban J connectivity index is 2.33. The van der Waals surface area contributed by atoms with Crippen molar-refractivity contribution in [2.75, 3.05) is 5.32 Å². The standard InChI is InChI=1S/C13H11F4N3/c14-10-5-8(7-19-12(10)6-18)20-11-4-2-1-3-9(11)13(15,16)17/h1-5,7,20H,6,18H2. The minimum absolute atomic E-state index is 0.0552. The Hall–Kier alpha value is -2.15. The first-order valence-corrected chi connectivity index (χ1v) is 5.69. The maximum absolute atomic E-state index is 13.5. The topological polar surface area (TPSA) is 50.9 Å². The van der Waals surface area contributed by atoms with Crippen molar-refractivity contribution in [3.63, 3.8) is 0 Å². The molecule has 0 fully saturated rings. The summed E-state index contributed by atoms with van der Waals surface area (Å²) in [7, 11) is 0. The number of nitrogens with one attached hydrogen (secondary N) is 1. The third-order valence-electron chi connectivity index (χ3n) is 2.62. The Kier molecular flexibility index (Phi) is 3.89. The molecule has 2 rings (SSSR count). The number of pyridine rings is 1. The molecule has 0 aliphatic carbocycles. The highest BCUT2D eigenvalue weighted by atomic mass is 19.4. The minimum atomic E-state index is -4.49. The highest BCUT2D eigenvalue weighted by molar-refractivity contribution is 5.63. The number of anilines is 2. The van der Waals surface area contributed by atoms with Gasteiger partial charge in [-0.05, 0) is 12.1 Å². The second kappa shape index (κ2) is 5.46. The van der Waals surface area contributed by atoms with Gasteiger partial charge in [0.15, 0.2) is 0 Å². The van der Waals surface area contributed by atoms with E-state index in [-0.39, 0.29) is 23.6 Å². The first-order valence-electron chi connectivity index (χ1n) is 5.69. The molecule has 3 N–H and O–H groups in total. The summed E-state index contributed by atoms with van der Waals surface area (Å²) in [5, 5.41) is 2.51. The van der Waals surface area contributed by atoms with Gasteiger partial charge in [0.1, 0.15) is 5.82 Å². The lowest BCUT2D eigenvalue weighted by Crippen LogP contribution is -2.09. The van der Waals surface area contributed by atoms with Crippen molar-refractivity contribution in [3.8, 4) is 0 Å². The Morgan fingerprint density at radius 2 is 1.90 bits per heavy atom. The van der Waals surface area contributed by atoms with Crippen molar-refractivity contribution in [3.05, 3.63) is 53.6 Å². The molecule has 0 atom stereocenters. The largest absolute Gasteiger partial charge is 0.418 e. The molecule has 0 spiro atoms. The van der Waals surface area contributed by atoms with E-state index in [1.54, 1.807) is 0 Å². The monoisotopic (exact) mass is 285 g/mol. The zero-order chi connectivity index (χ0) is 14.8. The Bertz CT molecular complexity index is 611. The average Bonchev–Trinajstić information content (AvgIpc) is 2.38. The van der Waals surface area contributed by atoms with E-state index in [0.717, 1.165) is 12.1 Å². The number of hydrogen-bond acceptors (Lipinski definition) is 3. The number of benzene rings is 1. The van der Waals surface area contributed by atoms with Crippen LogP contribution in [0.4, 0.5) is 28.9 Å². The number of nitrogens with zero attached hydrogens (tertiary/aromatic N) is 1. The molecule has 1 aromatic heterocycles. The summed E-state index contributed by atoms with van der Waals surface area (Å²) in [6, 6.07) is 6.00. The van der Waals surface area contributed by atoms with Gasteiger partial charge in [-0.2, -0.15) is 13.2 Å². The van der Waals surface area contributed by atoms with Gasteiger partial charge in [-0.3, -0.25) is 4.98 Å². The van der Waals surface area contributed by atoms with Crippen LogP contribution in [0.25, 0.3) is 0 Å². The highest BCUT2D eigenvalue weighted by Crippen LogP contribution is 2.35. The van der Waals surface area contributed by atoms with Gasteiger partial charge >= 0.3 is 6.18 Å². The maximum atomic E-state index is 13.5. The summed E-state index contributed by atoms with van der Waals surface area (Å²) >= 11 is 0. The van der Waals surface area contributed by atoms with Crippen LogP contribution in [0, 0.1) is 5.82 Å². The van der Waals surface area contributed by atoms with Gasteiger partial charge in [-0.25, -0.2) is 4.39 Å². The summed E-state index contributed by atoms with van der Waals surface area (Å²) in [5.74, 6) is -0.665. The fourth-order valence-electron chi connectivity index (χ4n) is 1.68. The third-order valence-corrected chi connectivity index (χ3v) is 2.62. The number of nitrogens with two attached hydrogens (primary N) is 1. The van der Waals surface area contributed by atoms with Gasteiger partial charge in [0.2, 0.25) is 0 Å². The molecule has 7 heteroatoms. The van der Waals surface area contributed by atoms with Crippen LogP contribution in [0.1, 0.15) is 11.3 Å². The quantitative estimate of drug-likeness (QED) is 0.849. The van der Waals surface area contributed by atoms with Crippen LogP contribution < -0.4 is 11.1 Å². The molecule has 106 valence electrons. The summed E-state index contributed by atoms with van der Waals surface area (Å²) in [6.07, 6.45) is -3.26. The number of rotatable bonds is 3. The zero-order valence-corrected chi connectivity index (χ0v) is 10.2. The van der Waals surface area contributed by atoms with Crippen LogP contribution in [-0.4, -0.2) is 4.98 Å². The highest BCUT2D eigenvalue weighted by Gasteiger charge is 2.33. The van der Waals surface area contributed by atoms with Gasteiger partial charge < -0.3 is 11.1 Å². The second-order valence-electron chi connectivity index (χ2n) is 4.02. The van der Waals surface area contributed by atoms with E-state index in [4.69, 9.17) is 5.73 Å². The number of alkyl halides is 3. The number of para-hydroxylation sites is 1. The lowest BCUT2D eigenvalue weighted by Gasteiger charge is -2.14. The van der Waals surface area contributed by atoms with Gasteiger partial charge in [0.25, 0.3) is 0 Å². The van der Waals surface area contributed by atoms with Crippen molar-refractivity contribution in [1.82, 2.24) is 4.98 Å². The second-order valence-corrected chi connectivity index (χ2v) is 4.02. The van der Waals surface area contributed by atoms with E-state index >= 15 is 0 Å². The summed E-state index contributed by atoms with van der Waals surface area (Å²) in [6.45, 7) is -0.0781. The lowest BCUT2D eigenvalue weighted by atomic mass is 10.1. The van der Waals surface area contributed by atoms with Gasteiger partial charge in [-0.15, -0.1) is 0 Å². The molecule has 0 amide bonds. The summed E-state index contributed by atoms with van der Waals surface area (Å²) in [5.41, 5.74) is 4.44. The summed E-state index contributed by atoms with van der Waals surface area (Å²) < 4.78 is 51.9. The molecule has 1 aromatic carbocycles. The predicted octanol–water partition coefficient (Wildman–Crippen LogP) is 3.44. The van der Waals surface area contributed by atoms with Crippen LogP contribution in [0.3, 0.4) is 0 Å². The molecule has 0 saturated carbocycles. The molecule has 0 radical (unpaired) electrons. The van der Waals surface area contributed by atoms with Gasteiger partial charge in [-0.1, -0.05) is 12.1 Å². The van der Waals surface area contributed by atoms with E-state index in [0.29, 0.717) is 0 Å². The van der Waals surface area contributed by atoms with Crippen molar-refractivity contribution in [1.29, 1.82) is 0 Å². The molecule has 0 saturated heterocycles. The Morgan fingerprint density at radius 3 is 2.50 bits per heavy atom. The van der Waals surface area contributed by atoms with E-state index in [1.165, 1.54) is 24.4 Å². The predicted molar refractivity (Wildman–Crippen MR) is 66.8 cm³/mol. The van der Waals surface area contributed by atoms with Crippen LogP contribution in [-0.2, 0) is 12.7 Å². The van der Waals surface area contributed by atoms with Crippen molar-refractivity contribution in [2.24, 2.45) is 5.73 Å². The molecule has 0 bridgehead atoms. The van der Waals surface area contributed by atoms with Crippen LogP contribution >= 0.6 is 0 Å². The fraction of sp³-hybridized carbons (Fsp3) is 0.154. The van der Waals surface area contributed by atoms with Gasteiger partial charge in [0, 0.05) is 12.6 Å². The maximum Gasteiger partial charge on any atom is 0.418 e. The Labute approximate surface area is 112 Å². The zero-order valence-electron chi connectivity index (χ0n) is 10.2. The van der Waals surface area contributed by atoms with E-state index in [2.05, 4.69) is 10.3 Å². The smallest absolute Gasteiger partial charge is 0.354 e. The van der Waals surface area contributed by atoms with E-state index < -0.39 is 17.6 Å². The van der Waals surface area contributed by atoms with Crippen LogP contribution in [0.5, 0.6) is 0 Å². The molecular weight excluding hydrogens is 274 g/mol.